The van der Waals surface area contributed by atoms with Gasteiger partial charge in [0.25, 0.3) is 5.91 Å². The van der Waals surface area contributed by atoms with Crippen LogP contribution in [0.1, 0.15) is 23.3 Å². The molecule has 3 rings (SSSR count). The lowest BCUT2D eigenvalue weighted by atomic mass is 10.3. The van der Waals surface area contributed by atoms with Crippen LogP contribution < -0.4 is 15.0 Å². The van der Waals surface area contributed by atoms with Crippen LogP contribution in [-0.4, -0.2) is 36.1 Å². The molecule has 0 unspecified atom stereocenters. The molecule has 1 saturated heterocycles. The van der Waals surface area contributed by atoms with Crippen molar-refractivity contribution in [2.75, 3.05) is 30.4 Å². The van der Waals surface area contributed by atoms with Gasteiger partial charge in [-0.3, -0.25) is 4.79 Å². The molecule has 0 atom stereocenters. The van der Waals surface area contributed by atoms with E-state index in [-0.39, 0.29) is 5.91 Å². The predicted octanol–water partition coefficient (Wildman–Crippen LogP) is 2.34. The molecule has 6 nitrogen and oxygen atoms in total. The van der Waals surface area contributed by atoms with Crippen molar-refractivity contribution in [2.24, 2.45) is 0 Å². The molecule has 22 heavy (non-hydrogen) atoms. The number of rotatable bonds is 4. The number of methoxy groups -OCH3 is 1. The van der Waals surface area contributed by atoms with Gasteiger partial charge in [-0.2, -0.15) is 0 Å². The maximum atomic E-state index is 12.3. The summed E-state index contributed by atoms with van der Waals surface area (Å²) in [7, 11) is 1.59. The summed E-state index contributed by atoms with van der Waals surface area (Å²) in [5.74, 6) is 1.25. The fourth-order valence-corrected chi connectivity index (χ4v) is 2.49. The van der Waals surface area contributed by atoms with Gasteiger partial charge in [0.05, 0.1) is 7.11 Å². The molecule has 6 heteroatoms. The van der Waals surface area contributed by atoms with E-state index in [0.29, 0.717) is 17.1 Å². The Morgan fingerprint density at radius 2 is 2.05 bits per heavy atom. The van der Waals surface area contributed by atoms with E-state index in [4.69, 9.17) is 4.74 Å². The number of amides is 1. The van der Waals surface area contributed by atoms with Crippen LogP contribution in [-0.2, 0) is 0 Å². The number of carbonyl (C=O) groups excluding carboxylic acids is 1. The summed E-state index contributed by atoms with van der Waals surface area (Å²) in [6.45, 7) is 1.96. The average molecular weight is 298 g/mol. The first-order chi connectivity index (χ1) is 10.8. The highest BCUT2D eigenvalue weighted by atomic mass is 16.5. The van der Waals surface area contributed by atoms with Gasteiger partial charge >= 0.3 is 0 Å². The lowest BCUT2D eigenvalue weighted by molar-refractivity contribution is 0.102. The maximum Gasteiger partial charge on any atom is 0.274 e. The minimum atomic E-state index is -0.254. The highest BCUT2D eigenvalue weighted by molar-refractivity contribution is 6.03. The van der Waals surface area contributed by atoms with Gasteiger partial charge in [-0.15, -0.1) is 0 Å². The third-order valence-electron chi connectivity index (χ3n) is 3.64. The third-order valence-corrected chi connectivity index (χ3v) is 3.64. The molecule has 0 saturated carbocycles. The van der Waals surface area contributed by atoms with Crippen LogP contribution in [0.2, 0.25) is 0 Å². The Bertz CT molecular complexity index is 669. The van der Waals surface area contributed by atoms with Crippen molar-refractivity contribution in [1.82, 2.24) is 9.97 Å². The van der Waals surface area contributed by atoms with Gasteiger partial charge in [-0.25, -0.2) is 9.97 Å². The van der Waals surface area contributed by atoms with Gasteiger partial charge in [0.1, 0.15) is 23.6 Å². The van der Waals surface area contributed by atoms with Crippen LogP contribution in [0.15, 0.2) is 36.7 Å². The number of ether oxygens (including phenoxy) is 1. The second-order valence-corrected chi connectivity index (χ2v) is 5.14. The van der Waals surface area contributed by atoms with Gasteiger partial charge in [0, 0.05) is 30.9 Å². The standard InChI is InChI=1S/C16H18N4O2/c1-22-13-6-4-5-12(9-13)19-16(21)14-10-15(18-11-17-14)20-7-2-3-8-20/h4-6,9-11H,2-3,7-8H2,1H3,(H,19,21). The lowest BCUT2D eigenvalue weighted by Gasteiger charge is -2.16. The predicted molar refractivity (Wildman–Crippen MR) is 84.4 cm³/mol. The molecule has 1 fully saturated rings. The number of aromatic nitrogens is 2. The minimum Gasteiger partial charge on any atom is -0.497 e. The lowest BCUT2D eigenvalue weighted by Crippen LogP contribution is -2.21. The summed E-state index contributed by atoms with van der Waals surface area (Å²) in [4.78, 5) is 22.8. The molecule has 1 aromatic carbocycles. The zero-order valence-corrected chi connectivity index (χ0v) is 12.5. The van der Waals surface area contributed by atoms with Crippen LogP contribution in [0.4, 0.5) is 11.5 Å². The molecule has 1 N–H and O–H groups in total. The fraction of sp³-hybridized carbons (Fsp3) is 0.312. The number of carbonyl (C=O) groups is 1. The van der Waals surface area contributed by atoms with Crippen molar-refractivity contribution in [3.8, 4) is 5.75 Å². The van der Waals surface area contributed by atoms with Crippen LogP contribution in [0, 0.1) is 0 Å². The van der Waals surface area contributed by atoms with Crippen molar-refractivity contribution in [2.45, 2.75) is 12.8 Å². The number of hydrogen-bond acceptors (Lipinski definition) is 5. The summed E-state index contributed by atoms with van der Waals surface area (Å²) in [5.41, 5.74) is 1.03. The van der Waals surface area contributed by atoms with Crippen molar-refractivity contribution in [3.63, 3.8) is 0 Å². The molecule has 2 heterocycles. The SMILES string of the molecule is COc1cccc(NC(=O)c2cc(N3CCCC3)ncn2)c1. The van der Waals surface area contributed by atoms with Crippen molar-refractivity contribution in [3.05, 3.63) is 42.4 Å². The second-order valence-electron chi connectivity index (χ2n) is 5.14. The van der Waals surface area contributed by atoms with Gasteiger partial charge in [0.15, 0.2) is 0 Å². The highest BCUT2D eigenvalue weighted by Crippen LogP contribution is 2.19. The summed E-state index contributed by atoms with van der Waals surface area (Å²) in [5, 5.41) is 2.82. The molecule has 1 amide bonds. The Balaban J connectivity index is 1.75. The Morgan fingerprint density at radius 1 is 1.23 bits per heavy atom. The van der Waals surface area contributed by atoms with Crippen molar-refractivity contribution >= 4 is 17.4 Å². The number of hydrogen-bond donors (Lipinski definition) is 1. The van der Waals surface area contributed by atoms with Gasteiger partial charge in [-0.1, -0.05) is 6.07 Å². The summed E-state index contributed by atoms with van der Waals surface area (Å²) >= 11 is 0. The quantitative estimate of drug-likeness (QED) is 0.938. The Hall–Kier alpha value is -2.63. The topological polar surface area (TPSA) is 67.3 Å². The third kappa shape index (κ3) is 3.16. The van der Waals surface area contributed by atoms with E-state index in [0.717, 1.165) is 31.7 Å². The number of nitrogens with one attached hydrogen (secondary N) is 1. The summed E-state index contributed by atoms with van der Waals surface area (Å²) in [6.07, 6.45) is 3.76. The monoisotopic (exact) mass is 298 g/mol. The smallest absolute Gasteiger partial charge is 0.274 e. The van der Waals surface area contributed by atoms with Crippen LogP contribution in [0.25, 0.3) is 0 Å². The Labute approximate surface area is 129 Å². The van der Waals surface area contributed by atoms with Gasteiger partial charge in [-0.05, 0) is 25.0 Å². The molecule has 0 aliphatic carbocycles. The molecule has 1 aliphatic heterocycles. The van der Waals surface area contributed by atoms with Gasteiger partial charge in [0.2, 0.25) is 0 Å². The van der Waals surface area contributed by atoms with E-state index in [2.05, 4.69) is 20.2 Å². The molecule has 114 valence electrons. The normalized spacial score (nSPS) is 14.0. The fourth-order valence-electron chi connectivity index (χ4n) is 2.49. The van der Waals surface area contributed by atoms with E-state index in [1.54, 1.807) is 19.2 Å². The van der Waals surface area contributed by atoms with E-state index < -0.39 is 0 Å². The van der Waals surface area contributed by atoms with Crippen LogP contribution in [0.3, 0.4) is 0 Å². The second kappa shape index (κ2) is 6.43. The number of nitrogens with zero attached hydrogens (tertiary/aromatic N) is 3. The van der Waals surface area contributed by atoms with Crippen LogP contribution in [0.5, 0.6) is 5.75 Å². The molecule has 0 bridgehead atoms. The largest absolute Gasteiger partial charge is 0.497 e. The molecule has 0 spiro atoms. The highest BCUT2D eigenvalue weighted by Gasteiger charge is 2.16. The van der Waals surface area contributed by atoms with E-state index in [9.17, 15) is 4.79 Å². The number of benzene rings is 1. The number of anilines is 2. The molecule has 0 radical (unpaired) electrons. The zero-order valence-electron chi connectivity index (χ0n) is 12.5. The molecule has 1 aliphatic rings. The molecular formula is C16H18N4O2. The van der Waals surface area contributed by atoms with Crippen molar-refractivity contribution in [1.29, 1.82) is 0 Å². The van der Waals surface area contributed by atoms with Crippen LogP contribution >= 0.6 is 0 Å². The molecule has 2 aromatic rings. The Morgan fingerprint density at radius 3 is 2.82 bits per heavy atom. The van der Waals surface area contributed by atoms with Gasteiger partial charge < -0.3 is 15.0 Å². The first kappa shape index (κ1) is 14.3. The summed E-state index contributed by atoms with van der Waals surface area (Å²) < 4.78 is 5.15. The minimum absolute atomic E-state index is 0.254. The maximum absolute atomic E-state index is 12.3. The average Bonchev–Trinajstić information content (AvgIpc) is 3.09. The first-order valence-electron chi connectivity index (χ1n) is 7.28. The van der Waals surface area contributed by atoms with E-state index in [1.165, 1.54) is 6.33 Å². The van der Waals surface area contributed by atoms with Crippen molar-refractivity contribution < 1.29 is 9.53 Å². The van der Waals surface area contributed by atoms with E-state index in [1.807, 2.05) is 18.2 Å². The Kier molecular flexibility index (Phi) is 4.18. The summed E-state index contributed by atoms with van der Waals surface area (Å²) in [6, 6.07) is 8.96. The molecular weight excluding hydrogens is 280 g/mol. The van der Waals surface area contributed by atoms with E-state index >= 15 is 0 Å². The zero-order chi connectivity index (χ0) is 15.4. The molecule has 1 aromatic heterocycles. The first-order valence-corrected chi connectivity index (χ1v) is 7.28.